The third-order valence-corrected chi connectivity index (χ3v) is 3.64. The number of allylic oxidation sites excluding steroid dienone is 3. The Morgan fingerprint density at radius 3 is 2.55 bits per heavy atom. The number of ether oxygens (including phenoxy) is 2. The number of benzene rings is 1. The van der Waals surface area contributed by atoms with Gasteiger partial charge in [-0.15, -0.1) is 0 Å². The Kier molecular flexibility index (Phi) is 5.69. The van der Waals surface area contributed by atoms with Gasteiger partial charge in [-0.25, -0.2) is 0 Å². The Hall–Kier alpha value is -1.72. The molecule has 0 bridgehead atoms. The first-order valence-corrected chi connectivity index (χ1v) is 7.53. The molecule has 2 rings (SSSR count). The van der Waals surface area contributed by atoms with E-state index in [0.717, 1.165) is 12.1 Å². The number of rotatable bonds is 4. The van der Waals surface area contributed by atoms with Crippen molar-refractivity contribution in [2.75, 3.05) is 19.5 Å². The average Bonchev–Trinajstić information content (AvgIpc) is 2.47. The highest BCUT2D eigenvalue weighted by Gasteiger charge is 2.12. The summed E-state index contributed by atoms with van der Waals surface area (Å²) < 4.78 is 10.5. The van der Waals surface area contributed by atoms with Crippen LogP contribution in [0.2, 0.25) is 5.02 Å². The predicted octanol–water partition coefficient (Wildman–Crippen LogP) is 4.08. The zero-order valence-electron chi connectivity index (χ0n) is 12.7. The van der Waals surface area contributed by atoms with E-state index in [4.69, 9.17) is 33.3 Å². The van der Waals surface area contributed by atoms with E-state index in [1.54, 1.807) is 26.4 Å². The molecule has 1 aromatic rings. The first kappa shape index (κ1) is 16.6. The summed E-state index contributed by atoms with van der Waals surface area (Å²) in [6, 6.07) is 3.43. The van der Waals surface area contributed by atoms with Gasteiger partial charge in [-0.3, -0.25) is 0 Å². The Morgan fingerprint density at radius 2 is 1.91 bits per heavy atom. The molecule has 0 saturated heterocycles. The molecule has 0 amide bonds. The second-order valence-corrected chi connectivity index (χ2v) is 5.57. The molecule has 0 atom stereocenters. The highest BCUT2D eigenvalue weighted by molar-refractivity contribution is 7.80. The zero-order valence-corrected chi connectivity index (χ0v) is 14.3. The van der Waals surface area contributed by atoms with Crippen LogP contribution in [0.15, 0.2) is 35.6 Å². The van der Waals surface area contributed by atoms with Gasteiger partial charge in [-0.2, -0.15) is 0 Å². The number of anilines is 1. The lowest BCUT2D eigenvalue weighted by Gasteiger charge is -2.17. The third kappa shape index (κ3) is 4.15. The Labute approximate surface area is 141 Å². The second-order valence-electron chi connectivity index (χ2n) is 4.75. The highest BCUT2D eigenvalue weighted by Crippen LogP contribution is 2.35. The largest absolute Gasteiger partial charge is 0.495 e. The number of halogens is 1. The Bertz CT molecular complexity index is 641. The van der Waals surface area contributed by atoms with Gasteiger partial charge in [0, 0.05) is 11.8 Å². The summed E-state index contributed by atoms with van der Waals surface area (Å²) in [7, 11) is 3.14. The quantitative estimate of drug-likeness (QED) is 0.810. The third-order valence-electron chi connectivity index (χ3n) is 3.14. The molecule has 4 nitrogen and oxygen atoms in total. The number of hydrogen-bond donors (Lipinski definition) is 2. The summed E-state index contributed by atoms with van der Waals surface area (Å²) in [6.07, 6.45) is 7.15. The van der Waals surface area contributed by atoms with Crippen LogP contribution in [0.1, 0.15) is 13.3 Å². The van der Waals surface area contributed by atoms with E-state index in [2.05, 4.69) is 30.1 Å². The molecule has 1 aromatic carbocycles. The highest BCUT2D eigenvalue weighted by atomic mass is 35.5. The van der Waals surface area contributed by atoms with Crippen LogP contribution in [0.4, 0.5) is 5.69 Å². The maximum Gasteiger partial charge on any atom is 0.175 e. The molecule has 2 N–H and O–H groups in total. The molecule has 117 valence electrons. The van der Waals surface area contributed by atoms with E-state index in [0.29, 0.717) is 27.3 Å². The minimum absolute atomic E-state index is 0.469. The molecule has 1 aliphatic carbocycles. The number of nitrogens with one attached hydrogen (secondary N) is 2. The van der Waals surface area contributed by atoms with Crippen molar-refractivity contribution in [3.63, 3.8) is 0 Å². The van der Waals surface area contributed by atoms with E-state index in [-0.39, 0.29) is 0 Å². The van der Waals surface area contributed by atoms with Gasteiger partial charge < -0.3 is 20.1 Å². The van der Waals surface area contributed by atoms with E-state index < -0.39 is 0 Å². The molecular formula is C16H18ClN2O2S. The van der Waals surface area contributed by atoms with Crippen LogP contribution in [0.25, 0.3) is 0 Å². The van der Waals surface area contributed by atoms with Gasteiger partial charge in [0.15, 0.2) is 5.11 Å². The lowest BCUT2D eigenvalue weighted by Crippen LogP contribution is -2.28. The van der Waals surface area contributed by atoms with Crippen LogP contribution in [0.5, 0.6) is 11.5 Å². The summed E-state index contributed by atoms with van der Waals surface area (Å²) in [5.74, 6) is 1.15. The van der Waals surface area contributed by atoms with Crippen molar-refractivity contribution < 1.29 is 9.47 Å². The average molecular weight is 338 g/mol. The van der Waals surface area contributed by atoms with Crippen LogP contribution in [-0.4, -0.2) is 19.3 Å². The molecule has 0 aliphatic heterocycles. The van der Waals surface area contributed by atoms with Crippen molar-refractivity contribution >= 4 is 34.6 Å². The lowest BCUT2D eigenvalue weighted by atomic mass is 10.1. The lowest BCUT2D eigenvalue weighted by molar-refractivity contribution is 0.396. The molecule has 1 radical (unpaired) electrons. The topological polar surface area (TPSA) is 42.5 Å². The van der Waals surface area contributed by atoms with Gasteiger partial charge in [0.25, 0.3) is 0 Å². The Balaban J connectivity index is 2.11. The van der Waals surface area contributed by atoms with Gasteiger partial charge in [-0.1, -0.05) is 23.3 Å². The summed E-state index contributed by atoms with van der Waals surface area (Å²) in [6.45, 7) is 2.05. The Morgan fingerprint density at radius 1 is 1.18 bits per heavy atom. The minimum Gasteiger partial charge on any atom is -0.495 e. The van der Waals surface area contributed by atoms with Gasteiger partial charge in [0.2, 0.25) is 0 Å². The van der Waals surface area contributed by atoms with Crippen LogP contribution >= 0.6 is 23.8 Å². The maximum absolute atomic E-state index is 6.14. The van der Waals surface area contributed by atoms with E-state index in [1.807, 2.05) is 6.08 Å². The number of methoxy groups -OCH3 is 2. The van der Waals surface area contributed by atoms with Crippen LogP contribution in [0, 0.1) is 6.42 Å². The van der Waals surface area contributed by atoms with Gasteiger partial charge in [0.05, 0.1) is 24.9 Å². The molecule has 22 heavy (non-hydrogen) atoms. The standard InChI is InChI=1S/C16H18ClN2O2S/c1-10-5-4-6-11(7-10)18-16(22)19-13-8-12(17)14(20-2)9-15(13)21-3/h5-9H,4H2,1-3H3,(H2,18,19,22). The first-order valence-electron chi connectivity index (χ1n) is 6.74. The second kappa shape index (κ2) is 7.51. The monoisotopic (exact) mass is 337 g/mol. The molecule has 0 heterocycles. The normalized spacial score (nSPS) is 13.8. The van der Waals surface area contributed by atoms with Crippen LogP contribution in [0.3, 0.4) is 0 Å². The van der Waals surface area contributed by atoms with Crippen LogP contribution in [-0.2, 0) is 0 Å². The minimum atomic E-state index is 0.469. The SMILES string of the molecule is COc1cc(OC)c(NC(=S)NC2=CC[CH]C(C)=C2)cc1Cl. The molecule has 0 unspecified atom stereocenters. The summed E-state index contributed by atoms with van der Waals surface area (Å²) in [5.41, 5.74) is 2.85. The predicted molar refractivity (Wildman–Crippen MR) is 94.7 cm³/mol. The molecule has 6 heteroatoms. The maximum atomic E-state index is 6.14. The summed E-state index contributed by atoms with van der Waals surface area (Å²) in [4.78, 5) is 0. The summed E-state index contributed by atoms with van der Waals surface area (Å²) in [5, 5.41) is 7.19. The van der Waals surface area contributed by atoms with Crippen molar-refractivity contribution in [2.24, 2.45) is 0 Å². The molecule has 0 fully saturated rings. The van der Waals surface area contributed by atoms with E-state index >= 15 is 0 Å². The van der Waals surface area contributed by atoms with Gasteiger partial charge >= 0.3 is 0 Å². The molecule has 0 saturated carbocycles. The molecule has 0 spiro atoms. The van der Waals surface area contributed by atoms with Crippen molar-refractivity contribution in [2.45, 2.75) is 13.3 Å². The first-order chi connectivity index (χ1) is 10.5. The van der Waals surface area contributed by atoms with Crippen molar-refractivity contribution in [1.82, 2.24) is 5.32 Å². The number of hydrogen-bond acceptors (Lipinski definition) is 3. The van der Waals surface area contributed by atoms with E-state index in [1.165, 1.54) is 5.57 Å². The van der Waals surface area contributed by atoms with Gasteiger partial charge in [-0.05, 0) is 44.1 Å². The van der Waals surface area contributed by atoms with Crippen molar-refractivity contribution in [3.05, 3.63) is 47.0 Å². The fourth-order valence-electron chi connectivity index (χ4n) is 2.06. The number of thiocarbonyl (C=S) groups is 1. The van der Waals surface area contributed by atoms with Gasteiger partial charge in [0.1, 0.15) is 11.5 Å². The molecule has 0 aromatic heterocycles. The smallest absolute Gasteiger partial charge is 0.175 e. The van der Waals surface area contributed by atoms with E-state index in [9.17, 15) is 0 Å². The fourth-order valence-corrected chi connectivity index (χ4v) is 2.53. The zero-order chi connectivity index (χ0) is 16.1. The van der Waals surface area contributed by atoms with Crippen molar-refractivity contribution in [3.8, 4) is 11.5 Å². The fraction of sp³-hybridized carbons (Fsp3) is 0.250. The van der Waals surface area contributed by atoms with Crippen molar-refractivity contribution in [1.29, 1.82) is 0 Å². The summed E-state index contributed by atoms with van der Waals surface area (Å²) >= 11 is 11.5. The van der Waals surface area contributed by atoms with Crippen LogP contribution < -0.4 is 20.1 Å². The molecule has 1 aliphatic rings. The molecular weight excluding hydrogens is 320 g/mol.